The molecule has 2 atom stereocenters. The van der Waals surface area contributed by atoms with E-state index in [1.54, 1.807) is 11.8 Å². The van der Waals surface area contributed by atoms with E-state index in [4.69, 9.17) is 0 Å². The molecule has 0 aromatic heterocycles. The van der Waals surface area contributed by atoms with Crippen molar-refractivity contribution in [3.63, 3.8) is 0 Å². The Balaban J connectivity index is 2.07. The zero-order chi connectivity index (χ0) is 13.2. The number of thioether (sulfide) groups is 1. The van der Waals surface area contributed by atoms with Gasteiger partial charge in [0.2, 0.25) is 0 Å². The second-order valence-corrected chi connectivity index (χ2v) is 6.04. The predicted molar refractivity (Wildman–Crippen MR) is 70.6 cm³/mol. The topological polar surface area (TPSA) is 54.4 Å². The van der Waals surface area contributed by atoms with Crippen LogP contribution < -0.4 is 0 Å². The van der Waals surface area contributed by atoms with Gasteiger partial charge in [-0.2, -0.15) is 0 Å². The van der Waals surface area contributed by atoms with E-state index in [1.165, 1.54) is 0 Å². The van der Waals surface area contributed by atoms with Crippen LogP contribution in [0.4, 0.5) is 0 Å². The molecule has 2 unspecified atom stereocenters. The van der Waals surface area contributed by atoms with Gasteiger partial charge in [0, 0.05) is 17.1 Å². The van der Waals surface area contributed by atoms with Crippen molar-refractivity contribution in [3.05, 3.63) is 30.3 Å². The first kappa shape index (κ1) is 13.1. The van der Waals surface area contributed by atoms with Gasteiger partial charge in [0.1, 0.15) is 11.7 Å². The maximum atomic E-state index is 11.7. The fourth-order valence-corrected chi connectivity index (χ4v) is 3.60. The molecule has 96 valence electrons. The fraction of sp³-hybridized carbons (Fsp3) is 0.429. The second-order valence-electron chi connectivity index (χ2n) is 4.99. The summed E-state index contributed by atoms with van der Waals surface area (Å²) < 4.78 is 0. The van der Waals surface area contributed by atoms with E-state index in [0.29, 0.717) is 18.6 Å². The van der Waals surface area contributed by atoms with Crippen molar-refractivity contribution in [2.24, 2.45) is 11.3 Å². The van der Waals surface area contributed by atoms with E-state index in [-0.39, 0.29) is 5.78 Å². The van der Waals surface area contributed by atoms with E-state index >= 15 is 0 Å². The van der Waals surface area contributed by atoms with Gasteiger partial charge in [-0.25, -0.2) is 0 Å². The highest BCUT2D eigenvalue weighted by molar-refractivity contribution is 7.99. The van der Waals surface area contributed by atoms with Gasteiger partial charge in [0.15, 0.2) is 0 Å². The Morgan fingerprint density at radius 1 is 1.44 bits per heavy atom. The number of hydrogen-bond donors (Lipinski definition) is 1. The highest BCUT2D eigenvalue weighted by atomic mass is 32.2. The summed E-state index contributed by atoms with van der Waals surface area (Å²) in [4.78, 5) is 24.0. The lowest BCUT2D eigenvalue weighted by atomic mass is 9.81. The van der Waals surface area contributed by atoms with E-state index in [9.17, 15) is 14.7 Å². The normalized spacial score (nSPS) is 27.4. The van der Waals surface area contributed by atoms with Crippen LogP contribution in [0.25, 0.3) is 0 Å². The number of carbonyl (C=O) groups is 2. The van der Waals surface area contributed by atoms with Gasteiger partial charge in [-0.05, 0) is 24.0 Å². The molecule has 1 aliphatic rings. The number of carboxylic acids is 1. The summed E-state index contributed by atoms with van der Waals surface area (Å²) in [6.45, 7) is 1.91. The highest BCUT2D eigenvalue weighted by Crippen LogP contribution is 2.44. The summed E-state index contributed by atoms with van der Waals surface area (Å²) in [5, 5.41) is 9.19. The predicted octanol–water partition coefficient (Wildman–Crippen LogP) is 2.85. The van der Waals surface area contributed by atoms with Crippen molar-refractivity contribution in [2.75, 3.05) is 5.75 Å². The fourth-order valence-electron chi connectivity index (χ4n) is 2.44. The molecule has 1 saturated carbocycles. The zero-order valence-electron chi connectivity index (χ0n) is 10.3. The number of aliphatic carboxylic acids is 1. The zero-order valence-corrected chi connectivity index (χ0v) is 11.1. The molecule has 1 fully saturated rings. The molecule has 1 aromatic rings. The van der Waals surface area contributed by atoms with Crippen LogP contribution in [0.1, 0.15) is 19.8 Å². The van der Waals surface area contributed by atoms with Crippen molar-refractivity contribution in [2.45, 2.75) is 24.7 Å². The number of carbonyl (C=O) groups excluding carboxylic acids is 1. The van der Waals surface area contributed by atoms with Crippen molar-refractivity contribution < 1.29 is 14.7 Å². The maximum absolute atomic E-state index is 11.7. The minimum atomic E-state index is -0.978. The average Bonchev–Trinajstić information content (AvgIpc) is 2.65. The van der Waals surface area contributed by atoms with Crippen LogP contribution in [-0.2, 0) is 9.59 Å². The van der Waals surface area contributed by atoms with Gasteiger partial charge in [-0.1, -0.05) is 25.1 Å². The second kappa shape index (κ2) is 5.14. The molecule has 2 rings (SSSR count). The van der Waals surface area contributed by atoms with Gasteiger partial charge >= 0.3 is 5.97 Å². The molecule has 0 spiro atoms. The summed E-state index contributed by atoms with van der Waals surface area (Å²) in [5.74, 6) is -1.28. The van der Waals surface area contributed by atoms with Gasteiger partial charge in [0.05, 0.1) is 0 Å². The van der Waals surface area contributed by atoms with Gasteiger partial charge in [-0.15, -0.1) is 11.8 Å². The number of benzene rings is 1. The quantitative estimate of drug-likeness (QED) is 0.671. The van der Waals surface area contributed by atoms with E-state index < -0.39 is 17.3 Å². The molecule has 1 aliphatic carbocycles. The largest absolute Gasteiger partial charge is 0.481 e. The third-order valence-electron chi connectivity index (χ3n) is 3.52. The van der Waals surface area contributed by atoms with Gasteiger partial charge in [0.25, 0.3) is 0 Å². The smallest absolute Gasteiger partial charge is 0.314 e. The van der Waals surface area contributed by atoms with Crippen LogP contribution in [-0.4, -0.2) is 22.6 Å². The maximum Gasteiger partial charge on any atom is 0.314 e. The molecule has 18 heavy (non-hydrogen) atoms. The molecule has 3 nitrogen and oxygen atoms in total. The lowest BCUT2D eigenvalue weighted by molar-refractivity contribution is -0.148. The van der Waals surface area contributed by atoms with E-state index in [1.807, 2.05) is 37.3 Å². The van der Waals surface area contributed by atoms with Crippen molar-refractivity contribution in [3.8, 4) is 0 Å². The summed E-state index contributed by atoms with van der Waals surface area (Å²) in [7, 11) is 0. The van der Waals surface area contributed by atoms with Crippen molar-refractivity contribution in [1.82, 2.24) is 0 Å². The lowest BCUT2D eigenvalue weighted by Crippen LogP contribution is -2.34. The number of carboxylic acid groups (broad SMARTS) is 1. The molecule has 0 heterocycles. The number of Topliss-reactive ketones (excluding diaryl/α,β-unsaturated/α-hetero) is 1. The first-order valence-electron chi connectivity index (χ1n) is 5.96. The van der Waals surface area contributed by atoms with Crippen LogP contribution in [0.15, 0.2) is 35.2 Å². The molecule has 1 aromatic carbocycles. The first-order chi connectivity index (χ1) is 8.53. The molecule has 0 saturated heterocycles. The van der Waals surface area contributed by atoms with Crippen LogP contribution in [0.3, 0.4) is 0 Å². The summed E-state index contributed by atoms with van der Waals surface area (Å²) in [5.41, 5.74) is -0.427. The molecular weight excluding hydrogens is 248 g/mol. The highest BCUT2D eigenvalue weighted by Gasteiger charge is 2.48. The number of hydrogen-bond acceptors (Lipinski definition) is 3. The van der Waals surface area contributed by atoms with Crippen LogP contribution in [0.5, 0.6) is 0 Å². The lowest BCUT2D eigenvalue weighted by Gasteiger charge is -2.27. The summed E-state index contributed by atoms with van der Waals surface area (Å²) in [6, 6.07) is 9.87. The van der Waals surface area contributed by atoms with Crippen molar-refractivity contribution >= 4 is 23.5 Å². The minimum Gasteiger partial charge on any atom is -0.481 e. The SMILES string of the molecule is CC1(CSc2ccccc2)CCC(=O)C1C(=O)O. The Bertz CT molecular complexity index is 457. The third-order valence-corrected chi connectivity index (χ3v) is 4.93. The Labute approximate surface area is 111 Å². The van der Waals surface area contributed by atoms with E-state index in [0.717, 1.165) is 4.90 Å². The molecule has 0 aliphatic heterocycles. The van der Waals surface area contributed by atoms with E-state index in [2.05, 4.69) is 0 Å². The monoisotopic (exact) mass is 264 g/mol. The number of ketones is 1. The van der Waals surface area contributed by atoms with Crippen molar-refractivity contribution in [1.29, 1.82) is 0 Å². The molecule has 0 amide bonds. The Hall–Kier alpha value is -1.29. The van der Waals surface area contributed by atoms with Crippen LogP contribution in [0.2, 0.25) is 0 Å². The van der Waals surface area contributed by atoms with Crippen LogP contribution >= 0.6 is 11.8 Å². The summed E-state index contributed by atoms with van der Waals surface area (Å²) >= 11 is 1.62. The van der Waals surface area contributed by atoms with Crippen LogP contribution in [0, 0.1) is 11.3 Å². The van der Waals surface area contributed by atoms with Gasteiger partial charge < -0.3 is 5.11 Å². The molecule has 0 bridgehead atoms. The first-order valence-corrected chi connectivity index (χ1v) is 6.95. The standard InChI is InChI=1S/C14H16O3S/c1-14(8-7-11(15)12(14)13(16)17)9-18-10-5-3-2-4-6-10/h2-6,12H,7-9H2,1H3,(H,16,17). The molecular formula is C14H16O3S. The Morgan fingerprint density at radius 3 is 2.72 bits per heavy atom. The Morgan fingerprint density at radius 2 is 2.11 bits per heavy atom. The summed E-state index contributed by atoms with van der Waals surface area (Å²) in [6.07, 6.45) is 1.06. The minimum absolute atomic E-state index is 0.126. The average molecular weight is 264 g/mol. The van der Waals surface area contributed by atoms with Gasteiger partial charge in [-0.3, -0.25) is 9.59 Å². The molecule has 1 N–H and O–H groups in total. The molecule has 4 heteroatoms. The number of rotatable bonds is 4. The third kappa shape index (κ3) is 2.58. The molecule has 0 radical (unpaired) electrons. The Kier molecular flexibility index (Phi) is 3.76.